The summed E-state index contributed by atoms with van der Waals surface area (Å²) >= 11 is 5.32. The molecule has 0 bridgehead atoms. The summed E-state index contributed by atoms with van der Waals surface area (Å²) in [6.45, 7) is 4.52. The van der Waals surface area contributed by atoms with Gasteiger partial charge in [0.2, 0.25) is 0 Å². The first kappa shape index (κ1) is 10.5. The molecular formula is C11H18N4S. The van der Waals surface area contributed by atoms with Gasteiger partial charge in [0.25, 0.3) is 0 Å². The van der Waals surface area contributed by atoms with E-state index in [1.165, 1.54) is 25.8 Å². The summed E-state index contributed by atoms with van der Waals surface area (Å²) < 4.78 is 3.03. The van der Waals surface area contributed by atoms with E-state index in [9.17, 15) is 0 Å². The van der Waals surface area contributed by atoms with E-state index >= 15 is 0 Å². The lowest BCUT2D eigenvalue weighted by Crippen LogP contribution is -2.24. The number of hydrogen-bond acceptors (Lipinski definition) is 3. The van der Waals surface area contributed by atoms with Crippen LogP contribution in [0, 0.1) is 4.77 Å². The molecule has 2 aliphatic rings. The van der Waals surface area contributed by atoms with Crippen molar-refractivity contribution in [1.82, 2.24) is 19.7 Å². The van der Waals surface area contributed by atoms with Gasteiger partial charge in [0, 0.05) is 25.6 Å². The molecule has 2 heterocycles. The third kappa shape index (κ3) is 1.72. The third-order valence-electron chi connectivity index (χ3n) is 3.72. The molecule has 16 heavy (non-hydrogen) atoms. The van der Waals surface area contributed by atoms with Gasteiger partial charge in [0.1, 0.15) is 5.82 Å². The molecule has 0 aromatic carbocycles. The minimum Gasteiger partial charge on any atom is -0.300 e. The summed E-state index contributed by atoms with van der Waals surface area (Å²) in [7, 11) is 0. The van der Waals surface area contributed by atoms with Gasteiger partial charge in [-0.05, 0) is 31.5 Å². The molecule has 1 aliphatic carbocycles. The number of nitrogens with one attached hydrogen (secondary N) is 1. The second kappa shape index (κ2) is 3.96. The van der Waals surface area contributed by atoms with Gasteiger partial charge in [-0.3, -0.25) is 14.6 Å². The monoisotopic (exact) mass is 238 g/mol. The van der Waals surface area contributed by atoms with Crippen LogP contribution in [0.1, 0.15) is 38.1 Å². The van der Waals surface area contributed by atoms with E-state index in [1.807, 2.05) is 0 Å². The normalized spacial score (nSPS) is 26.4. The van der Waals surface area contributed by atoms with E-state index in [0.717, 1.165) is 29.6 Å². The number of aromatic nitrogens is 3. The fraction of sp³-hybridized carbons (Fsp3) is 0.818. The molecule has 88 valence electrons. The highest BCUT2D eigenvalue weighted by Gasteiger charge is 2.35. The fourth-order valence-electron chi connectivity index (χ4n) is 2.71. The molecule has 4 nitrogen and oxygen atoms in total. The Morgan fingerprint density at radius 1 is 1.38 bits per heavy atom. The maximum absolute atomic E-state index is 5.32. The molecule has 1 unspecified atom stereocenters. The summed E-state index contributed by atoms with van der Waals surface area (Å²) in [5.41, 5.74) is 0. The van der Waals surface area contributed by atoms with E-state index < -0.39 is 0 Å². The Kier molecular flexibility index (Phi) is 2.59. The maximum Gasteiger partial charge on any atom is 0.195 e. The van der Waals surface area contributed by atoms with Gasteiger partial charge >= 0.3 is 0 Å². The Balaban J connectivity index is 1.81. The summed E-state index contributed by atoms with van der Waals surface area (Å²) in [5, 5.41) is 7.21. The molecule has 0 radical (unpaired) electrons. The lowest BCUT2D eigenvalue weighted by Gasteiger charge is -2.16. The van der Waals surface area contributed by atoms with Crippen LogP contribution in [0.5, 0.6) is 0 Å². The van der Waals surface area contributed by atoms with Crippen molar-refractivity contribution in [2.24, 2.45) is 0 Å². The van der Waals surface area contributed by atoms with Gasteiger partial charge in [0.05, 0.1) is 6.04 Å². The van der Waals surface area contributed by atoms with Crippen LogP contribution in [0.25, 0.3) is 0 Å². The van der Waals surface area contributed by atoms with Crippen molar-refractivity contribution in [3.8, 4) is 0 Å². The number of hydrogen-bond donors (Lipinski definition) is 1. The summed E-state index contributed by atoms with van der Waals surface area (Å²) in [5.74, 6) is 1.10. The Labute approximate surface area is 101 Å². The van der Waals surface area contributed by atoms with Crippen molar-refractivity contribution in [1.29, 1.82) is 0 Å². The molecule has 3 rings (SSSR count). The molecule has 1 aromatic rings. The molecule has 1 aliphatic heterocycles. The van der Waals surface area contributed by atoms with E-state index in [1.54, 1.807) is 0 Å². The second-order valence-corrected chi connectivity index (χ2v) is 5.22. The minimum atomic E-state index is 0.543. The molecule has 5 heteroatoms. The summed E-state index contributed by atoms with van der Waals surface area (Å²) in [4.78, 5) is 2.61. The topological polar surface area (TPSA) is 36.9 Å². The van der Waals surface area contributed by atoms with Crippen LogP contribution in [-0.2, 0) is 6.42 Å². The van der Waals surface area contributed by atoms with E-state index in [2.05, 4.69) is 26.6 Å². The van der Waals surface area contributed by atoms with Gasteiger partial charge in [0.15, 0.2) is 4.77 Å². The van der Waals surface area contributed by atoms with Crippen LogP contribution in [0.4, 0.5) is 0 Å². The van der Waals surface area contributed by atoms with E-state index in [0.29, 0.717) is 6.04 Å². The molecular weight excluding hydrogens is 220 g/mol. The first-order valence-electron chi connectivity index (χ1n) is 6.19. The van der Waals surface area contributed by atoms with Crippen LogP contribution >= 0.6 is 12.2 Å². The molecule has 1 N–H and O–H groups in total. The van der Waals surface area contributed by atoms with Crippen LogP contribution in [-0.4, -0.2) is 38.8 Å². The Hall–Kier alpha value is -0.680. The average Bonchev–Trinajstić information content (AvgIpc) is 2.91. The Bertz CT molecular complexity index is 431. The van der Waals surface area contributed by atoms with Crippen molar-refractivity contribution in [3.05, 3.63) is 10.6 Å². The average molecular weight is 238 g/mol. The van der Waals surface area contributed by atoms with Crippen molar-refractivity contribution in [3.63, 3.8) is 0 Å². The van der Waals surface area contributed by atoms with Gasteiger partial charge in [-0.25, -0.2) is 0 Å². The molecule has 2 fully saturated rings. The smallest absolute Gasteiger partial charge is 0.195 e. The van der Waals surface area contributed by atoms with E-state index in [4.69, 9.17) is 12.2 Å². The van der Waals surface area contributed by atoms with Crippen LogP contribution < -0.4 is 0 Å². The highest BCUT2D eigenvalue weighted by atomic mass is 32.1. The first-order chi connectivity index (χ1) is 7.79. The minimum absolute atomic E-state index is 0.543. The zero-order valence-corrected chi connectivity index (χ0v) is 10.5. The maximum atomic E-state index is 5.32. The largest absolute Gasteiger partial charge is 0.300 e. The predicted octanol–water partition coefficient (Wildman–Crippen LogP) is 1.91. The molecule has 1 saturated carbocycles. The molecule has 1 aromatic heterocycles. The fourth-order valence-corrected chi connectivity index (χ4v) is 3.01. The third-order valence-corrected chi connectivity index (χ3v) is 4.00. The second-order valence-electron chi connectivity index (χ2n) is 4.84. The predicted molar refractivity (Wildman–Crippen MR) is 65.0 cm³/mol. The van der Waals surface area contributed by atoms with Crippen LogP contribution in [0.15, 0.2) is 0 Å². The molecule has 0 spiro atoms. The number of aryl methyl sites for hydroxylation is 1. The van der Waals surface area contributed by atoms with Gasteiger partial charge in [-0.15, -0.1) is 0 Å². The SMILES string of the molecule is CCc1n[nH]c(=S)n1C1CCN(C2CC2)C1. The van der Waals surface area contributed by atoms with Gasteiger partial charge < -0.3 is 0 Å². The van der Waals surface area contributed by atoms with Crippen molar-refractivity contribution >= 4 is 12.2 Å². The number of rotatable bonds is 3. The zero-order chi connectivity index (χ0) is 11.1. The number of H-pyrrole nitrogens is 1. The van der Waals surface area contributed by atoms with Gasteiger partial charge in [-0.1, -0.05) is 6.92 Å². The molecule has 1 atom stereocenters. The molecule has 0 amide bonds. The van der Waals surface area contributed by atoms with Crippen molar-refractivity contribution in [2.45, 2.75) is 44.7 Å². The lowest BCUT2D eigenvalue weighted by molar-refractivity contribution is 0.312. The zero-order valence-electron chi connectivity index (χ0n) is 9.65. The Morgan fingerprint density at radius 3 is 2.88 bits per heavy atom. The van der Waals surface area contributed by atoms with Gasteiger partial charge in [-0.2, -0.15) is 5.10 Å². The van der Waals surface area contributed by atoms with Crippen LogP contribution in [0.2, 0.25) is 0 Å². The number of nitrogens with zero attached hydrogens (tertiary/aromatic N) is 3. The highest BCUT2D eigenvalue weighted by molar-refractivity contribution is 7.71. The molecule has 1 saturated heterocycles. The lowest BCUT2D eigenvalue weighted by atomic mass is 10.2. The first-order valence-corrected chi connectivity index (χ1v) is 6.60. The number of aromatic amines is 1. The number of likely N-dealkylation sites (tertiary alicyclic amines) is 1. The highest BCUT2D eigenvalue weighted by Crippen LogP contribution is 2.33. The summed E-state index contributed by atoms with van der Waals surface area (Å²) in [6.07, 6.45) is 4.96. The quantitative estimate of drug-likeness (QED) is 0.817. The van der Waals surface area contributed by atoms with Crippen molar-refractivity contribution < 1.29 is 0 Å². The van der Waals surface area contributed by atoms with E-state index in [-0.39, 0.29) is 0 Å². The Morgan fingerprint density at radius 2 is 2.19 bits per heavy atom. The standard InChI is InChI=1S/C11H18N4S/c1-2-10-12-13-11(16)15(10)9-5-6-14(7-9)8-3-4-8/h8-9H,2-7H2,1H3,(H,13,16). The van der Waals surface area contributed by atoms with Crippen molar-refractivity contribution in [2.75, 3.05) is 13.1 Å². The van der Waals surface area contributed by atoms with Crippen LogP contribution in [0.3, 0.4) is 0 Å². The summed E-state index contributed by atoms with van der Waals surface area (Å²) in [6, 6.07) is 1.41.